The summed E-state index contributed by atoms with van der Waals surface area (Å²) >= 11 is 3.67. The van der Waals surface area contributed by atoms with Gasteiger partial charge in [0, 0.05) is 16.2 Å². The molecule has 82 valence electrons. The number of aromatic nitrogens is 1. The van der Waals surface area contributed by atoms with Gasteiger partial charge < -0.3 is 0 Å². The Kier molecular flexibility index (Phi) is 2.98. The van der Waals surface area contributed by atoms with E-state index in [4.69, 9.17) is 0 Å². The van der Waals surface area contributed by atoms with Gasteiger partial charge in [-0.15, -0.1) is 23.1 Å². The minimum absolute atomic E-state index is 0.784. The number of rotatable bonds is 4. The third-order valence-electron chi connectivity index (χ3n) is 2.67. The molecule has 3 rings (SSSR count). The lowest BCUT2D eigenvalue weighted by atomic mass is 10.3. The molecule has 0 aliphatic heterocycles. The Balaban J connectivity index is 1.61. The molecule has 0 radical (unpaired) electrons. The molecule has 0 bridgehead atoms. The van der Waals surface area contributed by atoms with Gasteiger partial charge in [0.15, 0.2) is 0 Å². The van der Waals surface area contributed by atoms with Crippen molar-refractivity contribution in [2.24, 2.45) is 0 Å². The second-order valence-corrected chi connectivity index (χ2v) is 6.03. The van der Waals surface area contributed by atoms with Crippen LogP contribution in [0.5, 0.6) is 0 Å². The first-order valence-corrected chi connectivity index (χ1v) is 7.40. The summed E-state index contributed by atoms with van der Waals surface area (Å²) in [6.45, 7) is 0. The van der Waals surface area contributed by atoms with E-state index >= 15 is 0 Å². The van der Waals surface area contributed by atoms with Crippen LogP contribution in [0, 0.1) is 0 Å². The van der Waals surface area contributed by atoms with E-state index in [9.17, 15) is 0 Å². The summed E-state index contributed by atoms with van der Waals surface area (Å²) in [5, 5.41) is 3.49. The van der Waals surface area contributed by atoms with Crippen LogP contribution in [0.2, 0.25) is 0 Å². The lowest BCUT2D eigenvalue weighted by Crippen LogP contribution is -1.82. The van der Waals surface area contributed by atoms with Gasteiger partial charge in [0.25, 0.3) is 0 Å². The molecule has 1 aliphatic rings. The van der Waals surface area contributed by atoms with Gasteiger partial charge in [-0.2, -0.15) is 0 Å². The fourth-order valence-electron chi connectivity index (χ4n) is 1.62. The van der Waals surface area contributed by atoms with Gasteiger partial charge in [0.05, 0.1) is 11.4 Å². The first-order chi connectivity index (χ1) is 7.92. The molecular weight excluding hydrogens is 234 g/mol. The third-order valence-corrected chi connectivity index (χ3v) is 4.74. The molecule has 0 unspecified atom stereocenters. The number of hydrogen-bond acceptors (Lipinski definition) is 3. The second kappa shape index (κ2) is 4.60. The lowest BCUT2D eigenvalue weighted by molar-refractivity contribution is 1.03. The molecule has 0 spiro atoms. The van der Waals surface area contributed by atoms with E-state index in [0.29, 0.717) is 0 Å². The summed E-state index contributed by atoms with van der Waals surface area (Å²) in [6, 6.07) is 10.5. The summed E-state index contributed by atoms with van der Waals surface area (Å²) < 4.78 is 0. The number of thiazole rings is 1. The first kappa shape index (κ1) is 10.4. The van der Waals surface area contributed by atoms with Gasteiger partial charge in [-0.1, -0.05) is 18.2 Å². The molecule has 16 heavy (non-hydrogen) atoms. The SMILES string of the molecule is c1ccc(SCc2nc(C3CC3)cs2)cc1. The molecule has 0 atom stereocenters. The quantitative estimate of drug-likeness (QED) is 0.747. The van der Waals surface area contributed by atoms with Crippen LogP contribution in [-0.4, -0.2) is 4.98 Å². The van der Waals surface area contributed by atoms with Gasteiger partial charge in [-0.25, -0.2) is 4.98 Å². The fraction of sp³-hybridized carbons (Fsp3) is 0.308. The molecule has 0 amide bonds. The maximum atomic E-state index is 4.69. The van der Waals surface area contributed by atoms with E-state index in [1.54, 1.807) is 11.3 Å². The van der Waals surface area contributed by atoms with Crippen molar-refractivity contribution >= 4 is 23.1 Å². The first-order valence-electron chi connectivity index (χ1n) is 5.54. The largest absolute Gasteiger partial charge is 0.245 e. The van der Waals surface area contributed by atoms with Crippen LogP contribution in [0.15, 0.2) is 40.6 Å². The number of nitrogens with zero attached hydrogens (tertiary/aromatic N) is 1. The third kappa shape index (κ3) is 2.47. The molecule has 1 nitrogen and oxygen atoms in total. The Bertz CT molecular complexity index is 460. The Morgan fingerprint density at radius 1 is 1.25 bits per heavy atom. The Labute approximate surface area is 104 Å². The van der Waals surface area contributed by atoms with Crippen LogP contribution in [-0.2, 0) is 5.75 Å². The molecule has 1 aromatic heterocycles. The van der Waals surface area contributed by atoms with Crippen LogP contribution in [0.3, 0.4) is 0 Å². The molecular formula is C13H13NS2. The molecule has 1 aliphatic carbocycles. The topological polar surface area (TPSA) is 12.9 Å². The Morgan fingerprint density at radius 3 is 2.81 bits per heavy atom. The molecule has 1 aromatic carbocycles. The van der Waals surface area contributed by atoms with Crippen molar-refractivity contribution in [3.63, 3.8) is 0 Å². The lowest BCUT2D eigenvalue weighted by Gasteiger charge is -1.97. The summed E-state index contributed by atoms with van der Waals surface area (Å²) in [6.07, 6.45) is 2.68. The van der Waals surface area contributed by atoms with Crippen LogP contribution in [0.25, 0.3) is 0 Å². The summed E-state index contributed by atoms with van der Waals surface area (Å²) in [7, 11) is 0. The maximum absolute atomic E-state index is 4.69. The van der Waals surface area contributed by atoms with E-state index < -0.39 is 0 Å². The smallest absolute Gasteiger partial charge is 0.103 e. The average molecular weight is 247 g/mol. The van der Waals surface area contributed by atoms with E-state index in [-0.39, 0.29) is 0 Å². The van der Waals surface area contributed by atoms with Gasteiger partial charge in [-0.05, 0) is 25.0 Å². The standard InChI is InChI=1S/C13H13NS2/c1-2-4-11(5-3-1)15-9-13-14-12(8-16-13)10-6-7-10/h1-5,8,10H,6-7,9H2. The van der Waals surface area contributed by atoms with Crippen molar-refractivity contribution in [1.29, 1.82) is 0 Å². The highest BCUT2D eigenvalue weighted by atomic mass is 32.2. The zero-order valence-corrected chi connectivity index (χ0v) is 10.6. The monoisotopic (exact) mass is 247 g/mol. The van der Waals surface area contributed by atoms with E-state index in [2.05, 4.69) is 40.7 Å². The predicted molar refractivity (Wildman–Crippen MR) is 70.1 cm³/mol. The number of hydrogen-bond donors (Lipinski definition) is 0. The minimum Gasteiger partial charge on any atom is -0.245 e. The van der Waals surface area contributed by atoms with E-state index in [0.717, 1.165) is 11.7 Å². The molecule has 1 saturated carbocycles. The molecule has 2 aromatic rings. The van der Waals surface area contributed by atoms with Gasteiger partial charge in [0.1, 0.15) is 5.01 Å². The van der Waals surface area contributed by atoms with Crippen molar-refractivity contribution in [3.05, 3.63) is 46.4 Å². The highest BCUT2D eigenvalue weighted by molar-refractivity contribution is 7.98. The summed E-state index contributed by atoms with van der Waals surface area (Å²) in [4.78, 5) is 6.01. The average Bonchev–Trinajstić information content (AvgIpc) is 3.08. The fourth-order valence-corrected chi connectivity index (χ4v) is 3.43. The summed E-state index contributed by atoms with van der Waals surface area (Å²) in [5.41, 5.74) is 1.33. The second-order valence-electron chi connectivity index (χ2n) is 4.04. The van der Waals surface area contributed by atoms with Crippen LogP contribution >= 0.6 is 23.1 Å². The van der Waals surface area contributed by atoms with E-state index in [1.807, 2.05) is 11.8 Å². The molecule has 0 N–H and O–H groups in total. The molecule has 1 fully saturated rings. The van der Waals surface area contributed by atoms with Crippen molar-refractivity contribution in [1.82, 2.24) is 4.98 Å². The summed E-state index contributed by atoms with van der Waals surface area (Å²) in [5.74, 6) is 1.79. The minimum atomic E-state index is 0.784. The van der Waals surface area contributed by atoms with Crippen LogP contribution < -0.4 is 0 Å². The molecule has 3 heteroatoms. The molecule has 0 saturated heterocycles. The van der Waals surface area contributed by atoms with Crippen molar-refractivity contribution in [2.75, 3.05) is 0 Å². The van der Waals surface area contributed by atoms with Crippen molar-refractivity contribution in [2.45, 2.75) is 29.4 Å². The maximum Gasteiger partial charge on any atom is 0.103 e. The predicted octanol–water partition coefficient (Wildman–Crippen LogP) is 4.31. The highest BCUT2D eigenvalue weighted by Crippen LogP contribution is 2.40. The zero-order chi connectivity index (χ0) is 10.8. The van der Waals surface area contributed by atoms with Crippen molar-refractivity contribution < 1.29 is 0 Å². The van der Waals surface area contributed by atoms with Gasteiger partial charge in [0.2, 0.25) is 0 Å². The van der Waals surface area contributed by atoms with Crippen molar-refractivity contribution in [3.8, 4) is 0 Å². The highest BCUT2D eigenvalue weighted by Gasteiger charge is 2.25. The van der Waals surface area contributed by atoms with Gasteiger partial charge >= 0.3 is 0 Å². The van der Waals surface area contributed by atoms with E-state index in [1.165, 1.54) is 28.4 Å². The zero-order valence-electron chi connectivity index (χ0n) is 8.93. The number of benzene rings is 1. The van der Waals surface area contributed by atoms with Crippen LogP contribution in [0.4, 0.5) is 0 Å². The molecule has 1 heterocycles. The Morgan fingerprint density at radius 2 is 2.06 bits per heavy atom. The normalized spacial score (nSPS) is 15.2. The van der Waals surface area contributed by atoms with Crippen LogP contribution in [0.1, 0.15) is 29.5 Å². The number of thioether (sulfide) groups is 1. The van der Waals surface area contributed by atoms with Gasteiger partial charge in [-0.3, -0.25) is 0 Å². The Hall–Kier alpha value is -0.800.